The van der Waals surface area contributed by atoms with E-state index in [4.69, 9.17) is 14.2 Å². The van der Waals surface area contributed by atoms with Crippen LogP contribution in [0.5, 0.6) is 0 Å². The monoisotopic (exact) mass is 979 g/mol. The second-order valence-electron chi connectivity index (χ2n) is 18.1. The molecule has 1 atom stereocenters. The fraction of sp³-hybridized carbons (Fsp3) is 0.585. The van der Waals surface area contributed by atoms with Crippen molar-refractivity contribution in [2.24, 2.45) is 0 Å². The summed E-state index contributed by atoms with van der Waals surface area (Å²) in [6.45, 7) is 6.28. The van der Waals surface area contributed by atoms with E-state index in [0.29, 0.717) is 19.3 Å². The number of carbonyl (C=O) groups is 3. The average Bonchev–Trinajstić information content (AvgIpc) is 3.37. The van der Waals surface area contributed by atoms with Gasteiger partial charge in [0.25, 0.3) is 0 Å². The van der Waals surface area contributed by atoms with E-state index >= 15 is 0 Å². The second kappa shape index (κ2) is 57.9. The van der Waals surface area contributed by atoms with Gasteiger partial charge < -0.3 is 14.2 Å². The molecule has 0 heterocycles. The molecule has 0 radical (unpaired) electrons. The van der Waals surface area contributed by atoms with Crippen LogP contribution < -0.4 is 0 Å². The van der Waals surface area contributed by atoms with Gasteiger partial charge in [0, 0.05) is 19.3 Å². The highest BCUT2D eigenvalue weighted by Gasteiger charge is 2.19. The zero-order valence-electron chi connectivity index (χ0n) is 45.4. The molecule has 6 heteroatoms. The van der Waals surface area contributed by atoms with Gasteiger partial charge in [-0.2, -0.15) is 0 Å². The largest absolute Gasteiger partial charge is 0.462 e. The van der Waals surface area contributed by atoms with Crippen molar-refractivity contribution in [1.29, 1.82) is 0 Å². The lowest BCUT2D eigenvalue weighted by molar-refractivity contribution is -0.167. The van der Waals surface area contributed by atoms with Crippen molar-refractivity contribution in [2.45, 2.75) is 232 Å². The summed E-state index contributed by atoms with van der Waals surface area (Å²) in [6, 6.07) is 0. The van der Waals surface area contributed by atoms with E-state index < -0.39 is 6.10 Å². The SMILES string of the molecule is CC/C=C\C/C=C\C/C=C\C/C=C\C/C=C\C/C=C\C/C=C\CCCCCC(=O)OCC(COC(=O)CCCCCCC/C=C\C/C=C\CCC)OC(=O)CCCCCCC/C=C\C/C=C\C/C=C\CC. The molecular weight excluding hydrogens is 877 g/mol. The molecule has 0 spiro atoms. The Hall–Kier alpha value is -4.71. The first-order valence-electron chi connectivity index (χ1n) is 28.3. The second-order valence-corrected chi connectivity index (χ2v) is 18.1. The molecule has 6 nitrogen and oxygen atoms in total. The van der Waals surface area contributed by atoms with E-state index in [1.807, 2.05) is 0 Å². The number of unbranched alkanes of at least 4 members (excludes halogenated alkanes) is 14. The molecule has 0 aliphatic carbocycles. The molecule has 0 saturated carbocycles. The van der Waals surface area contributed by atoms with E-state index in [0.717, 1.165) is 180 Å². The van der Waals surface area contributed by atoms with Crippen molar-refractivity contribution in [1.82, 2.24) is 0 Å². The highest BCUT2D eigenvalue weighted by molar-refractivity contribution is 5.71. The summed E-state index contributed by atoms with van der Waals surface area (Å²) in [6.07, 6.45) is 82.6. The van der Waals surface area contributed by atoms with Gasteiger partial charge in [-0.15, -0.1) is 0 Å². The quantitative estimate of drug-likeness (QED) is 0.0262. The lowest BCUT2D eigenvalue weighted by Crippen LogP contribution is -2.30. The number of hydrogen-bond donors (Lipinski definition) is 0. The zero-order chi connectivity index (χ0) is 51.4. The third kappa shape index (κ3) is 56.1. The topological polar surface area (TPSA) is 78.9 Å². The summed E-state index contributed by atoms with van der Waals surface area (Å²) in [5, 5.41) is 0. The van der Waals surface area contributed by atoms with Gasteiger partial charge in [-0.3, -0.25) is 14.4 Å². The molecule has 0 saturated heterocycles. The molecule has 0 aromatic rings. The van der Waals surface area contributed by atoms with Crippen molar-refractivity contribution < 1.29 is 28.6 Å². The molecule has 0 aliphatic rings. The average molecular weight is 980 g/mol. The van der Waals surface area contributed by atoms with Gasteiger partial charge in [-0.1, -0.05) is 218 Å². The third-order valence-corrected chi connectivity index (χ3v) is 11.3. The molecule has 0 aromatic heterocycles. The standard InChI is InChI=1S/C65H102O6/c1-4-7-10-13-16-19-22-25-27-28-29-30-31-32-33-34-35-36-38-40-43-46-49-52-55-58-64(67)70-61-62(60-69-63(66)57-54-51-48-45-42-39-24-21-18-15-12-9-6-3)71-65(68)59-56-53-50-47-44-41-37-26-23-20-17-14-11-8-5-2/h7-8,10-12,15-17,19-21,24-27,29-30,32-33,35-37,40,43,62H,4-6,9,13-14,18,22-23,28,31,34,38-39,41-42,44-61H2,1-3H3/b10-7-,11-8-,15-12-,19-16-,20-17-,24-21-,27-25-,30-29-,33-32-,36-35-,37-26-,43-40-. The van der Waals surface area contributed by atoms with Gasteiger partial charge in [0.15, 0.2) is 6.10 Å². The van der Waals surface area contributed by atoms with Crippen molar-refractivity contribution in [3.63, 3.8) is 0 Å². The van der Waals surface area contributed by atoms with Crippen LogP contribution in [0, 0.1) is 0 Å². The van der Waals surface area contributed by atoms with Gasteiger partial charge in [0.1, 0.15) is 13.2 Å². The number of rotatable bonds is 49. The Morgan fingerprint density at radius 1 is 0.296 bits per heavy atom. The number of esters is 3. The maximum atomic E-state index is 12.8. The Morgan fingerprint density at radius 3 is 0.873 bits per heavy atom. The van der Waals surface area contributed by atoms with Crippen molar-refractivity contribution in [2.75, 3.05) is 13.2 Å². The molecule has 0 aromatic carbocycles. The molecule has 0 amide bonds. The van der Waals surface area contributed by atoms with Gasteiger partial charge in [-0.05, 0) is 135 Å². The van der Waals surface area contributed by atoms with Crippen LogP contribution in [0.1, 0.15) is 226 Å². The summed E-state index contributed by atoms with van der Waals surface area (Å²) in [4.78, 5) is 38.1. The Balaban J connectivity index is 4.47. The van der Waals surface area contributed by atoms with Crippen LogP contribution in [0.2, 0.25) is 0 Å². The first-order chi connectivity index (χ1) is 35.0. The zero-order valence-corrected chi connectivity index (χ0v) is 45.4. The lowest BCUT2D eigenvalue weighted by Gasteiger charge is -2.18. The fourth-order valence-electron chi connectivity index (χ4n) is 7.12. The molecule has 0 bridgehead atoms. The van der Waals surface area contributed by atoms with E-state index in [9.17, 15) is 14.4 Å². The Morgan fingerprint density at radius 2 is 0.549 bits per heavy atom. The first kappa shape index (κ1) is 66.3. The highest BCUT2D eigenvalue weighted by Crippen LogP contribution is 2.13. The van der Waals surface area contributed by atoms with Crippen molar-refractivity contribution in [3.05, 3.63) is 146 Å². The summed E-state index contributed by atoms with van der Waals surface area (Å²) in [5.74, 6) is -0.982. The van der Waals surface area contributed by atoms with E-state index in [2.05, 4.69) is 167 Å². The first-order valence-corrected chi connectivity index (χ1v) is 28.3. The molecule has 0 fully saturated rings. The Kier molecular flexibility index (Phi) is 54.0. The molecule has 71 heavy (non-hydrogen) atoms. The van der Waals surface area contributed by atoms with Gasteiger partial charge in [-0.25, -0.2) is 0 Å². The van der Waals surface area contributed by atoms with E-state index in [-0.39, 0.29) is 31.1 Å². The number of hydrogen-bond acceptors (Lipinski definition) is 6. The summed E-state index contributed by atoms with van der Waals surface area (Å²) >= 11 is 0. The van der Waals surface area contributed by atoms with Crippen LogP contribution in [0.3, 0.4) is 0 Å². The minimum absolute atomic E-state index is 0.109. The number of allylic oxidation sites excluding steroid dienone is 24. The van der Waals surface area contributed by atoms with Gasteiger partial charge in [0.2, 0.25) is 0 Å². The number of ether oxygens (including phenoxy) is 3. The highest BCUT2D eigenvalue weighted by atomic mass is 16.6. The van der Waals surface area contributed by atoms with Crippen molar-refractivity contribution in [3.8, 4) is 0 Å². The molecule has 398 valence electrons. The van der Waals surface area contributed by atoms with E-state index in [1.54, 1.807) is 0 Å². The number of carbonyl (C=O) groups excluding carboxylic acids is 3. The fourth-order valence-corrected chi connectivity index (χ4v) is 7.12. The Labute approximate surface area is 436 Å². The normalized spacial score (nSPS) is 13.2. The van der Waals surface area contributed by atoms with Crippen LogP contribution in [0.4, 0.5) is 0 Å². The van der Waals surface area contributed by atoms with Crippen LogP contribution in [-0.4, -0.2) is 37.2 Å². The van der Waals surface area contributed by atoms with Crippen LogP contribution in [0.25, 0.3) is 0 Å². The molecule has 1 unspecified atom stereocenters. The molecule has 0 rings (SSSR count). The van der Waals surface area contributed by atoms with Gasteiger partial charge in [0.05, 0.1) is 0 Å². The minimum atomic E-state index is -0.814. The smallest absolute Gasteiger partial charge is 0.306 e. The third-order valence-electron chi connectivity index (χ3n) is 11.3. The lowest BCUT2D eigenvalue weighted by atomic mass is 10.1. The maximum absolute atomic E-state index is 12.8. The van der Waals surface area contributed by atoms with Gasteiger partial charge >= 0.3 is 17.9 Å². The summed E-state index contributed by atoms with van der Waals surface area (Å²) in [7, 11) is 0. The van der Waals surface area contributed by atoms with Crippen LogP contribution in [-0.2, 0) is 28.6 Å². The maximum Gasteiger partial charge on any atom is 0.306 e. The molecule has 0 N–H and O–H groups in total. The molecular formula is C65H102O6. The van der Waals surface area contributed by atoms with Crippen molar-refractivity contribution >= 4 is 17.9 Å². The predicted molar refractivity (Wildman–Crippen MR) is 306 cm³/mol. The van der Waals surface area contributed by atoms with Crippen LogP contribution >= 0.6 is 0 Å². The summed E-state index contributed by atoms with van der Waals surface area (Å²) < 4.78 is 16.8. The minimum Gasteiger partial charge on any atom is -0.462 e. The molecule has 0 aliphatic heterocycles. The Bertz CT molecular complexity index is 1590. The summed E-state index contributed by atoms with van der Waals surface area (Å²) in [5.41, 5.74) is 0. The predicted octanol–water partition coefficient (Wildman–Crippen LogP) is 19.2. The van der Waals surface area contributed by atoms with E-state index in [1.165, 1.54) is 6.42 Å². The van der Waals surface area contributed by atoms with Crippen LogP contribution in [0.15, 0.2) is 146 Å².